The Labute approximate surface area is 143 Å². The van der Waals surface area contributed by atoms with Crippen LogP contribution in [0.3, 0.4) is 0 Å². The van der Waals surface area contributed by atoms with E-state index in [4.69, 9.17) is 4.42 Å². The van der Waals surface area contributed by atoms with Gasteiger partial charge >= 0.3 is 0 Å². The maximum atomic E-state index is 10.7. The number of aryl methyl sites for hydroxylation is 2. The zero-order chi connectivity index (χ0) is 17.6. The molecule has 130 valence electrons. The lowest BCUT2D eigenvalue weighted by Crippen LogP contribution is -2.44. The van der Waals surface area contributed by atoms with E-state index in [1.54, 1.807) is 6.92 Å². The first-order chi connectivity index (χ1) is 11.4. The molecule has 0 saturated carbocycles. The molecule has 1 aromatic heterocycles. The van der Waals surface area contributed by atoms with E-state index < -0.39 is 5.60 Å². The van der Waals surface area contributed by atoms with Crippen molar-refractivity contribution in [1.29, 1.82) is 0 Å². The minimum absolute atomic E-state index is 0.367. The second kappa shape index (κ2) is 8.02. The molecule has 0 amide bonds. The summed E-state index contributed by atoms with van der Waals surface area (Å²) in [6.45, 7) is 9.34. The van der Waals surface area contributed by atoms with Gasteiger partial charge in [0.2, 0.25) is 0 Å². The van der Waals surface area contributed by atoms with Crippen LogP contribution in [0.5, 0.6) is 0 Å². The molecule has 0 saturated heterocycles. The number of nitrogens with zero attached hydrogens (tertiary/aromatic N) is 1. The third-order valence-corrected chi connectivity index (χ3v) is 3.89. The minimum atomic E-state index is -0.973. The fourth-order valence-electron chi connectivity index (χ4n) is 2.50. The lowest BCUT2D eigenvalue weighted by molar-refractivity contribution is 0.0617. The van der Waals surface area contributed by atoms with Crippen molar-refractivity contribution in [2.24, 2.45) is 4.99 Å². The van der Waals surface area contributed by atoms with E-state index in [2.05, 4.69) is 15.6 Å². The number of aliphatic hydroxyl groups is 1. The van der Waals surface area contributed by atoms with Crippen molar-refractivity contribution < 1.29 is 9.52 Å². The Bertz CT molecular complexity index is 675. The molecule has 3 N–H and O–H groups in total. The molecular formula is C19H27N3O2. The highest BCUT2D eigenvalue weighted by Gasteiger charge is 2.22. The van der Waals surface area contributed by atoms with Crippen LogP contribution in [0.2, 0.25) is 0 Å². The molecule has 24 heavy (non-hydrogen) atoms. The van der Waals surface area contributed by atoms with Crippen LogP contribution < -0.4 is 10.6 Å². The second-order valence-corrected chi connectivity index (χ2v) is 6.13. The van der Waals surface area contributed by atoms with E-state index >= 15 is 0 Å². The Morgan fingerprint density at radius 2 is 1.92 bits per heavy atom. The van der Waals surface area contributed by atoms with E-state index in [-0.39, 0.29) is 0 Å². The van der Waals surface area contributed by atoms with Crippen molar-refractivity contribution in [3.05, 3.63) is 59.0 Å². The Morgan fingerprint density at radius 3 is 2.50 bits per heavy atom. The summed E-state index contributed by atoms with van der Waals surface area (Å²) in [5.74, 6) is 2.46. The van der Waals surface area contributed by atoms with E-state index in [1.165, 1.54) is 0 Å². The molecule has 1 unspecified atom stereocenters. The fraction of sp³-hybridized carbons (Fsp3) is 0.421. The van der Waals surface area contributed by atoms with Crippen molar-refractivity contribution in [2.45, 2.75) is 39.8 Å². The van der Waals surface area contributed by atoms with Crippen molar-refractivity contribution in [3.63, 3.8) is 0 Å². The Balaban J connectivity index is 2.02. The van der Waals surface area contributed by atoms with Crippen LogP contribution in [0.1, 0.15) is 36.5 Å². The summed E-state index contributed by atoms with van der Waals surface area (Å²) in [7, 11) is 0. The van der Waals surface area contributed by atoms with Crippen molar-refractivity contribution in [3.8, 4) is 0 Å². The van der Waals surface area contributed by atoms with E-state index in [9.17, 15) is 5.11 Å². The summed E-state index contributed by atoms with van der Waals surface area (Å²) < 4.78 is 5.53. The molecule has 2 rings (SSSR count). The molecule has 1 heterocycles. The van der Waals surface area contributed by atoms with Gasteiger partial charge in [-0.05, 0) is 39.3 Å². The average molecular weight is 329 g/mol. The van der Waals surface area contributed by atoms with Crippen LogP contribution in [-0.2, 0) is 12.1 Å². The Kier molecular flexibility index (Phi) is 6.04. The highest BCUT2D eigenvalue weighted by atomic mass is 16.3. The Hall–Kier alpha value is -2.27. The largest absolute Gasteiger partial charge is 0.466 e. The summed E-state index contributed by atoms with van der Waals surface area (Å²) in [6.07, 6.45) is 0. The number of benzene rings is 1. The smallest absolute Gasteiger partial charge is 0.191 e. The van der Waals surface area contributed by atoms with Gasteiger partial charge in [0.05, 0.1) is 13.1 Å². The third-order valence-electron chi connectivity index (χ3n) is 3.89. The van der Waals surface area contributed by atoms with Crippen LogP contribution in [0.4, 0.5) is 0 Å². The van der Waals surface area contributed by atoms with Crippen LogP contribution in [0.25, 0.3) is 0 Å². The lowest BCUT2D eigenvalue weighted by Gasteiger charge is -2.25. The van der Waals surface area contributed by atoms with Gasteiger partial charge in [0.1, 0.15) is 17.1 Å². The molecule has 1 atom stereocenters. The summed E-state index contributed by atoms with van der Waals surface area (Å²) >= 11 is 0. The number of hydrogen-bond acceptors (Lipinski definition) is 3. The van der Waals surface area contributed by atoms with Gasteiger partial charge in [-0.1, -0.05) is 30.3 Å². The molecule has 1 aromatic carbocycles. The third kappa shape index (κ3) is 4.86. The van der Waals surface area contributed by atoms with E-state index in [1.807, 2.05) is 57.2 Å². The summed E-state index contributed by atoms with van der Waals surface area (Å²) in [5, 5.41) is 17.1. The van der Waals surface area contributed by atoms with Crippen molar-refractivity contribution in [2.75, 3.05) is 13.1 Å². The highest BCUT2D eigenvalue weighted by Crippen LogP contribution is 2.19. The number of furan rings is 1. The van der Waals surface area contributed by atoms with Gasteiger partial charge in [-0.25, -0.2) is 4.99 Å². The molecule has 0 spiro atoms. The zero-order valence-corrected chi connectivity index (χ0v) is 14.9. The van der Waals surface area contributed by atoms with Crippen molar-refractivity contribution in [1.82, 2.24) is 10.6 Å². The van der Waals surface area contributed by atoms with Crippen LogP contribution >= 0.6 is 0 Å². The van der Waals surface area contributed by atoms with Crippen LogP contribution in [-0.4, -0.2) is 24.2 Å². The van der Waals surface area contributed by atoms with Crippen LogP contribution in [0.15, 0.2) is 45.8 Å². The number of rotatable bonds is 6. The number of guanidine groups is 1. The molecule has 5 heteroatoms. The minimum Gasteiger partial charge on any atom is -0.466 e. The van der Waals surface area contributed by atoms with Gasteiger partial charge in [-0.15, -0.1) is 0 Å². The topological polar surface area (TPSA) is 69.8 Å². The summed E-state index contributed by atoms with van der Waals surface area (Å²) in [4.78, 5) is 4.58. The molecular weight excluding hydrogens is 302 g/mol. The highest BCUT2D eigenvalue weighted by molar-refractivity contribution is 5.79. The number of aliphatic imine (C=N–C) groups is 1. The van der Waals surface area contributed by atoms with E-state index in [0.717, 1.165) is 29.2 Å². The SMILES string of the molecule is CCNC(=NCc1cc(C)oc1C)NCC(C)(O)c1ccccc1. The first-order valence-corrected chi connectivity index (χ1v) is 8.28. The first-order valence-electron chi connectivity index (χ1n) is 8.28. The molecule has 0 aliphatic carbocycles. The predicted molar refractivity (Wildman–Crippen MR) is 97.0 cm³/mol. The van der Waals surface area contributed by atoms with Crippen LogP contribution in [0, 0.1) is 13.8 Å². The van der Waals surface area contributed by atoms with E-state index in [0.29, 0.717) is 19.0 Å². The average Bonchev–Trinajstić information content (AvgIpc) is 2.88. The van der Waals surface area contributed by atoms with Gasteiger partial charge in [-0.3, -0.25) is 0 Å². The van der Waals surface area contributed by atoms with Crippen molar-refractivity contribution >= 4 is 5.96 Å². The normalized spacial score (nSPS) is 14.3. The fourth-order valence-corrected chi connectivity index (χ4v) is 2.50. The van der Waals surface area contributed by atoms with Gasteiger partial charge in [-0.2, -0.15) is 0 Å². The molecule has 0 radical (unpaired) electrons. The molecule has 0 aliphatic rings. The standard InChI is InChI=1S/C19H27N3O2/c1-5-20-18(21-12-16-11-14(2)24-15(16)3)22-13-19(4,23)17-9-7-6-8-10-17/h6-11,23H,5,12-13H2,1-4H3,(H2,20,21,22). The lowest BCUT2D eigenvalue weighted by atomic mass is 9.96. The Morgan fingerprint density at radius 1 is 1.21 bits per heavy atom. The molecule has 0 fully saturated rings. The van der Waals surface area contributed by atoms with Gasteiger partial charge < -0.3 is 20.2 Å². The molecule has 2 aromatic rings. The second-order valence-electron chi connectivity index (χ2n) is 6.13. The molecule has 5 nitrogen and oxygen atoms in total. The number of nitrogens with one attached hydrogen (secondary N) is 2. The maximum Gasteiger partial charge on any atom is 0.191 e. The quantitative estimate of drug-likeness (QED) is 0.563. The zero-order valence-electron chi connectivity index (χ0n) is 14.9. The predicted octanol–water partition coefficient (Wildman–Crippen LogP) is 2.86. The maximum absolute atomic E-state index is 10.7. The van der Waals surface area contributed by atoms with Gasteiger partial charge in [0.25, 0.3) is 0 Å². The first kappa shape index (κ1) is 18.1. The molecule has 0 bridgehead atoms. The van der Waals surface area contributed by atoms with Gasteiger partial charge in [0, 0.05) is 12.1 Å². The number of hydrogen-bond donors (Lipinski definition) is 3. The molecule has 0 aliphatic heterocycles. The monoisotopic (exact) mass is 329 g/mol. The van der Waals surface area contributed by atoms with Gasteiger partial charge in [0.15, 0.2) is 5.96 Å². The summed E-state index contributed by atoms with van der Waals surface area (Å²) in [5.41, 5.74) is 0.966. The summed E-state index contributed by atoms with van der Waals surface area (Å²) in [6, 6.07) is 11.6.